The number of carbonyl (C=O) groups is 1. The molecule has 0 spiro atoms. The maximum absolute atomic E-state index is 12.4. The average Bonchev–Trinajstić information content (AvgIpc) is 3.06. The highest BCUT2D eigenvalue weighted by molar-refractivity contribution is 5.93. The predicted molar refractivity (Wildman–Crippen MR) is 90.3 cm³/mol. The molecule has 1 aliphatic carbocycles. The summed E-state index contributed by atoms with van der Waals surface area (Å²) in [6.07, 6.45) is 4.51. The molecule has 5 nitrogen and oxygen atoms in total. The van der Waals surface area contributed by atoms with Crippen LogP contribution >= 0.6 is 0 Å². The molecular formula is C18H22N4O. The molecule has 3 rings (SSSR count). The molecule has 1 amide bonds. The fourth-order valence-electron chi connectivity index (χ4n) is 2.89. The lowest BCUT2D eigenvalue weighted by Gasteiger charge is -2.13. The van der Waals surface area contributed by atoms with Crippen LogP contribution in [0.4, 0.5) is 5.82 Å². The first-order valence-electron chi connectivity index (χ1n) is 8.15. The van der Waals surface area contributed by atoms with Crippen LogP contribution in [0.1, 0.15) is 47.6 Å². The minimum Gasteiger partial charge on any atom is -0.366 e. The van der Waals surface area contributed by atoms with Crippen molar-refractivity contribution in [3.63, 3.8) is 0 Å². The third-order valence-corrected chi connectivity index (χ3v) is 4.08. The molecule has 0 unspecified atom stereocenters. The van der Waals surface area contributed by atoms with E-state index in [1.807, 2.05) is 18.2 Å². The molecule has 120 valence electrons. The molecule has 0 bridgehead atoms. The molecule has 0 saturated heterocycles. The standard InChI is InChI=1S/C18H22N4O/c1-13-20-16(18(23)22-15-9-5-6-10-15)11-17(21-13)19-12-14-7-3-2-4-8-14/h2-4,7-8,11,15H,5-6,9-10,12H2,1H3,(H,22,23)(H,19,20,21). The van der Waals surface area contributed by atoms with Gasteiger partial charge in [0.1, 0.15) is 17.3 Å². The lowest BCUT2D eigenvalue weighted by molar-refractivity contribution is 0.0932. The van der Waals surface area contributed by atoms with E-state index < -0.39 is 0 Å². The normalized spacial score (nSPS) is 14.7. The molecular weight excluding hydrogens is 288 g/mol. The van der Waals surface area contributed by atoms with Crippen molar-refractivity contribution in [1.29, 1.82) is 0 Å². The molecule has 5 heteroatoms. The van der Waals surface area contributed by atoms with E-state index in [-0.39, 0.29) is 5.91 Å². The van der Waals surface area contributed by atoms with Gasteiger partial charge in [0.05, 0.1) is 0 Å². The number of rotatable bonds is 5. The Bertz CT molecular complexity index is 666. The number of amides is 1. The van der Waals surface area contributed by atoms with Gasteiger partial charge in [-0.15, -0.1) is 0 Å². The van der Waals surface area contributed by atoms with E-state index in [0.717, 1.165) is 12.8 Å². The molecule has 1 aliphatic rings. The zero-order valence-corrected chi connectivity index (χ0v) is 13.4. The molecule has 1 saturated carbocycles. The van der Waals surface area contributed by atoms with Gasteiger partial charge < -0.3 is 10.6 Å². The average molecular weight is 310 g/mol. The van der Waals surface area contributed by atoms with Crippen LogP contribution in [0.15, 0.2) is 36.4 Å². The zero-order valence-electron chi connectivity index (χ0n) is 13.4. The minimum atomic E-state index is -0.106. The van der Waals surface area contributed by atoms with Crippen LogP contribution in [-0.4, -0.2) is 21.9 Å². The highest BCUT2D eigenvalue weighted by Gasteiger charge is 2.19. The van der Waals surface area contributed by atoms with Crippen molar-refractivity contribution in [3.05, 3.63) is 53.5 Å². The van der Waals surface area contributed by atoms with Gasteiger partial charge in [-0.05, 0) is 25.3 Å². The third kappa shape index (κ3) is 4.28. The van der Waals surface area contributed by atoms with Crippen molar-refractivity contribution in [2.75, 3.05) is 5.32 Å². The van der Waals surface area contributed by atoms with Crippen LogP contribution in [0.25, 0.3) is 0 Å². The Morgan fingerprint density at radius 3 is 2.65 bits per heavy atom. The van der Waals surface area contributed by atoms with Gasteiger partial charge in [-0.2, -0.15) is 0 Å². The Kier molecular flexibility index (Phi) is 4.86. The van der Waals surface area contributed by atoms with Gasteiger partial charge in [0.25, 0.3) is 5.91 Å². The summed E-state index contributed by atoms with van der Waals surface area (Å²) in [6, 6.07) is 12.1. The van der Waals surface area contributed by atoms with Crippen molar-refractivity contribution in [3.8, 4) is 0 Å². The first-order chi connectivity index (χ1) is 11.2. The first kappa shape index (κ1) is 15.5. The summed E-state index contributed by atoms with van der Waals surface area (Å²) in [7, 11) is 0. The molecule has 0 atom stereocenters. The molecule has 23 heavy (non-hydrogen) atoms. The summed E-state index contributed by atoms with van der Waals surface area (Å²) in [5.74, 6) is 1.17. The Morgan fingerprint density at radius 2 is 1.91 bits per heavy atom. The van der Waals surface area contributed by atoms with Crippen molar-refractivity contribution >= 4 is 11.7 Å². The van der Waals surface area contributed by atoms with E-state index in [4.69, 9.17) is 0 Å². The quantitative estimate of drug-likeness (QED) is 0.890. The van der Waals surface area contributed by atoms with E-state index in [0.29, 0.717) is 29.9 Å². The van der Waals surface area contributed by atoms with Crippen molar-refractivity contribution in [1.82, 2.24) is 15.3 Å². The van der Waals surface area contributed by atoms with Crippen LogP contribution in [0.5, 0.6) is 0 Å². The van der Waals surface area contributed by atoms with Crippen LogP contribution in [0, 0.1) is 6.92 Å². The van der Waals surface area contributed by atoms with Crippen LogP contribution < -0.4 is 10.6 Å². The Morgan fingerprint density at radius 1 is 1.17 bits per heavy atom. The van der Waals surface area contributed by atoms with Gasteiger partial charge in [-0.3, -0.25) is 4.79 Å². The van der Waals surface area contributed by atoms with E-state index >= 15 is 0 Å². The van der Waals surface area contributed by atoms with Gasteiger partial charge in [-0.25, -0.2) is 9.97 Å². The number of hydrogen-bond acceptors (Lipinski definition) is 4. The molecule has 2 aromatic rings. The summed E-state index contributed by atoms with van der Waals surface area (Å²) in [4.78, 5) is 21.0. The smallest absolute Gasteiger partial charge is 0.270 e. The number of nitrogens with zero attached hydrogens (tertiary/aromatic N) is 2. The number of aryl methyl sites for hydroxylation is 1. The number of nitrogens with one attached hydrogen (secondary N) is 2. The molecule has 1 aromatic heterocycles. The summed E-state index contributed by atoms with van der Waals surface area (Å²) >= 11 is 0. The summed E-state index contributed by atoms with van der Waals surface area (Å²) in [5.41, 5.74) is 1.60. The number of benzene rings is 1. The van der Waals surface area contributed by atoms with Gasteiger partial charge in [0, 0.05) is 18.7 Å². The predicted octanol–water partition coefficient (Wildman–Crippen LogP) is 3.07. The molecule has 1 aromatic carbocycles. The monoisotopic (exact) mass is 310 g/mol. The summed E-state index contributed by atoms with van der Waals surface area (Å²) < 4.78 is 0. The van der Waals surface area contributed by atoms with Crippen LogP contribution in [0.3, 0.4) is 0 Å². The van der Waals surface area contributed by atoms with E-state index in [1.54, 1.807) is 13.0 Å². The van der Waals surface area contributed by atoms with Crippen molar-refractivity contribution in [2.24, 2.45) is 0 Å². The van der Waals surface area contributed by atoms with Crippen molar-refractivity contribution in [2.45, 2.75) is 45.2 Å². The maximum atomic E-state index is 12.4. The summed E-state index contributed by atoms with van der Waals surface area (Å²) in [5, 5.41) is 6.33. The van der Waals surface area contributed by atoms with E-state index in [1.165, 1.54) is 18.4 Å². The fourth-order valence-corrected chi connectivity index (χ4v) is 2.89. The van der Waals surface area contributed by atoms with E-state index in [2.05, 4.69) is 32.7 Å². The second-order valence-corrected chi connectivity index (χ2v) is 5.98. The SMILES string of the molecule is Cc1nc(NCc2ccccc2)cc(C(=O)NC2CCCC2)n1. The van der Waals surface area contributed by atoms with Crippen molar-refractivity contribution < 1.29 is 4.79 Å². The number of carbonyl (C=O) groups excluding carboxylic acids is 1. The second-order valence-electron chi connectivity index (χ2n) is 5.98. The molecule has 1 heterocycles. The number of anilines is 1. The lowest BCUT2D eigenvalue weighted by Crippen LogP contribution is -2.33. The summed E-state index contributed by atoms with van der Waals surface area (Å²) in [6.45, 7) is 2.47. The molecule has 2 N–H and O–H groups in total. The van der Waals surface area contributed by atoms with Gasteiger partial charge in [0.15, 0.2) is 0 Å². The maximum Gasteiger partial charge on any atom is 0.270 e. The minimum absolute atomic E-state index is 0.106. The number of hydrogen-bond donors (Lipinski definition) is 2. The van der Waals surface area contributed by atoms with Gasteiger partial charge in [-0.1, -0.05) is 43.2 Å². The molecule has 0 aliphatic heterocycles. The van der Waals surface area contributed by atoms with Crippen LogP contribution in [-0.2, 0) is 6.54 Å². The lowest BCUT2D eigenvalue weighted by atomic mass is 10.2. The molecule has 0 radical (unpaired) electrons. The van der Waals surface area contributed by atoms with Gasteiger partial charge >= 0.3 is 0 Å². The Labute approximate surface area is 136 Å². The highest BCUT2D eigenvalue weighted by atomic mass is 16.1. The zero-order chi connectivity index (χ0) is 16.1. The Hall–Kier alpha value is -2.43. The third-order valence-electron chi connectivity index (χ3n) is 4.08. The first-order valence-corrected chi connectivity index (χ1v) is 8.15. The second kappa shape index (κ2) is 7.22. The fraction of sp³-hybridized carbons (Fsp3) is 0.389. The largest absolute Gasteiger partial charge is 0.366 e. The Balaban J connectivity index is 1.67. The van der Waals surface area contributed by atoms with Crippen LogP contribution in [0.2, 0.25) is 0 Å². The topological polar surface area (TPSA) is 66.9 Å². The number of aromatic nitrogens is 2. The molecule has 1 fully saturated rings. The van der Waals surface area contributed by atoms with Gasteiger partial charge in [0.2, 0.25) is 0 Å². The van der Waals surface area contributed by atoms with E-state index in [9.17, 15) is 4.79 Å². The highest BCUT2D eigenvalue weighted by Crippen LogP contribution is 2.18.